The minimum atomic E-state index is -3.70. The SMILES string of the molecule is CC(C(=O)NC1CCCC1)N(Cc1ccc(Cl)cc1Cl)C(=O)CCCN1c2cccc3cccc(c23)S1(=O)=O. The van der Waals surface area contributed by atoms with Crippen molar-refractivity contribution in [1.82, 2.24) is 10.2 Å². The van der Waals surface area contributed by atoms with E-state index in [1.165, 1.54) is 9.21 Å². The number of nitrogens with one attached hydrogen (secondary N) is 1. The molecule has 1 atom stereocenters. The number of anilines is 1. The van der Waals surface area contributed by atoms with Gasteiger partial charge in [0.05, 0.1) is 10.6 Å². The van der Waals surface area contributed by atoms with Gasteiger partial charge in [0.25, 0.3) is 10.0 Å². The minimum absolute atomic E-state index is 0.0740. The van der Waals surface area contributed by atoms with Crippen LogP contribution in [0.5, 0.6) is 0 Å². The first kappa shape index (κ1) is 27.7. The number of amides is 2. The first-order chi connectivity index (χ1) is 18.7. The first-order valence-electron chi connectivity index (χ1n) is 13.2. The smallest absolute Gasteiger partial charge is 0.265 e. The van der Waals surface area contributed by atoms with Gasteiger partial charge in [-0.05, 0) is 61.4 Å². The molecule has 206 valence electrons. The molecule has 0 bridgehead atoms. The van der Waals surface area contributed by atoms with E-state index < -0.39 is 16.1 Å². The zero-order valence-corrected chi connectivity index (χ0v) is 24.0. The van der Waals surface area contributed by atoms with Crippen LogP contribution in [0.4, 0.5) is 5.69 Å². The van der Waals surface area contributed by atoms with Gasteiger partial charge in [-0.2, -0.15) is 0 Å². The molecule has 7 nitrogen and oxygen atoms in total. The Hall–Kier alpha value is -2.81. The highest BCUT2D eigenvalue weighted by molar-refractivity contribution is 7.93. The maximum atomic E-state index is 13.6. The van der Waals surface area contributed by atoms with E-state index in [0.717, 1.165) is 31.1 Å². The highest BCUT2D eigenvalue weighted by Crippen LogP contribution is 2.42. The van der Waals surface area contributed by atoms with E-state index in [1.807, 2.05) is 18.2 Å². The molecule has 2 amide bonds. The number of carbonyl (C=O) groups excluding carboxylic acids is 2. The molecule has 0 radical (unpaired) electrons. The maximum Gasteiger partial charge on any atom is 0.265 e. The summed E-state index contributed by atoms with van der Waals surface area (Å²) in [5.41, 5.74) is 1.31. The number of sulfonamides is 1. The lowest BCUT2D eigenvalue weighted by molar-refractivity contribution is -0.140. The summed E-state index contributed by atoms with van der Waals surface area (Å²) in [4.78, 5) is 28.5. The summed E-state index contributed by atoms with van der Waals surface area (Å²) in [6, 6.07) is 15.2. The Morgan fingerprint density at radius 3 is 2.51 bits per heavy atom. The van der Waals surface area contributed by atoms with Crippen LogP contribution in [0.3, 0.4) is 0 Å². The number of hydrogen-bond donors (Lipinski definition) is 1. The van der Waals surface area contributed by atoms with Gasteiger partial charge >= 0.3 is 0 Å². The van der Waals surface area contributed by atoms with Gasteiger partial charge in [-0.15, -0.1) is 0 Å². The van der Waals surface area contributed by atoms with Crippen molar-refractivity contribution < 1.29 is 18.0 Å². The van der Waals surface area contributed by atoms with E-state index in [4.69, 9.17) is 23.2 Å². The van der Waals surface area contributed by atoms with Gasteiger partial charge in [0.15, 0.2) is 0 Å². The lowest BCUT2D eigenvalue weighted by atomic mass is 10.1. The molecular weight excluding hydrogens is 557 g/mol. The van der Waals surface area contributed by atoms with Crippen LogP contribution in [0.25, 0.3) is 10.8 Å². The second-order valence-corrected chi connectivity index (χ2v) is 12.9. The summed E-state index contributed by atoms with van der Waals surface area (Å²) in [6.45, 7) is 2.01. The van der Waals surface area contributed by atoms with Crippen molar-refractivity contribution in [2.75, 3.05) is 10.8 Å². The van der Waals surface area contributed by atoms with Crippen LogP contribution in [0, 0.1) is 0 Å². The van der Waals surface area contributed by atoms with Crippen molar-refractivity contribution in [3.05, 3.63) is 70.2 Å². The Labute approximate surface area is 239 Å². The minimum Gasteiger partial charge on any atom is -0.352 e. The van der Waals surface area contributed by atoms with Crippen LogP contribution in [0.1, 0.15) is 51.0 Å². The number of benzene rings is 3. The highest BCUT2D eigenvalue weighted by Gasteiger charge is 2.35. The summed E-state index contributed by atoms with van der Waals surface area (Å²) in [6.07, 6.45) is 4.41. The molecule has 1 saturated carbocycles. The average Bonchev–Trinajstić information content (AvgIpc) is 3.49. The lowest BCUT2D eigenvalue weighted by Gasteiger charge is -2.30. The first-order valence-corrected chi connectivity index (χ1v) is 15.4. The number of carbonyl (C=O) groups is 2. The third kappa shape index (κ3) is 5.60. The van der Waals surface area contributed by atoms with E-state index >= 15 is 0 Å². The molecule has 3 aromatic rings. The van der Waals surface area contributed by atoms with Gasteiger partial charge in [0.1, 0.15) is 6.04 Å². The second-order valence-electron chi connectivity index (χ2n) is 10.2. The Morgan fingerprint density at radius 2 is 1.79 bits per heavy atom. The maximum absolute atomic E-state index is 13.6. The van der Waals surface area contributed by atoms with E-state index in [9.17, 15) is 18.0 Å². The van der Waals surface area contributed by atoms with E-state index in [2.05, 4.69) is 5.32 Å². The summed E-state index contributed by atoms with van der Waals surface area (Å²) in [7, 11) is -3.70. The second kappa shape index (κ2) is 11.4. The van der Waals surface area contributed by atoms with Gasteiger partial charge in [-0.25, -0.2) is 8.42 Å². The normalized spacial score (nSPS) is 16.9. The Morgan fingerprint density at radius 1 is 1.08 bits per heavy atom. The molecule has 1 fully saturated rings. The molecule has 3 aromatic carbocycles. The van der Waals surface area contributed by atoms with Crippen LogP contribution >= 0.6 is 23.2 Å². The molecule has 1 heterocycles. The van der Waals surface area contributed by atoms with Gasteiger partial charge in [-0.1, -0.05) is 66.4 Å². The van der Waals surface area contributed by atoms with Crippen molar-refractivity contribution in [2.45, 2.75) is 69.0 Å². The molecule has 1 aliphatic carbocycles. The van der Waals surface area contributed by atoms with Crippen molar-refractivity contribution in [3.8, 4) is 0 Å². The third-order valence-electron chi connectivity index (χ3n) is 7.66. The molecule has 1 unspecified atom stereocenters. The van der Waals surface area contributed by atoms with E-state index in [-0.39, 0.29) is 42.3 Å². The van der Waals surface area contributed by atoms with Crippen molar-refractivity contribution in [2.24, 2.45) is 0 Å². The van der Waals surface area contributed by atoms with Crippen molar-refractivity contribution in [1.29, 1.82) is 0 Å². The standard InChI is InChI=1S/C29H31Cl2N3O4S/c1-19(29(36)32-23-9-2-3-10-23)33(18-21-14-15-22(30)17-24(21)31)27(35)13-6-16-34-25-11-4-7-20-8-5-12-26(28(20)25)39(34,37)38/h4-5,7-8,11-12,14-15,17,19,23H,2-3,6,9-10,13,16,18H2,1H3,(H,32,36). The number of nitrogens with zero attached hydrogens (tertiary/aromatic N) is 2. The van der Waals surface area contributed by atoms with Crippen LogP contribution in [0.15, 0.2) is 59.5 Å². The summed E-state index contributed by atoms with van der Waals surface area (Å²) in [5, 5.41) is 5.55. The number of hydrogen-bond acceptors (Lipinski definition) is 4. The predicted molar refractivity (Wildman–Crippen MR) is 155 cm³/mol. The van der Waals surface area contributed by atoms with Gasteiger partial charge in [-0.3, -0.25) is 13.9 Å². The fourth-order valence-electron chi connectivity index (χ4n) is 5.52. The van der Waals surface area contributed by atoms with Crippen LogP contribution < -0.4 is 9.62 Å². The lowest BCUT2D eigenvalue weighted by Crippen LogP contribution is -2.49. The fraction of sp³-hybridized carbons (Fsp3) is 0.379. The molecule has 5 rings (SSSR count). The largest absolute Gasteiger partial charge is 0.352 e. The zero-order chi connectivity index (χ0) is 27.7. The molecule has 2 aliphatic rings. The molecule has 10 heteroatoms. The molecule has 1 N–H and O–H groups in total. The molecule has 0 spiro atoms. The quantitative estimate of drug-likeness (QED) is 0.337. The molecule has 1 aliphatic heterocycles. The summed E-state index contributed by atoms with van der Waals surface area (Å²) < 4.78 is 28.0. The Kier molecular flexibility index (Phi) is 8.08. The Bertz CT molecular complexity index is 1520. The molecule has 0 aromatic heterocycles. The number of halogens is 2. The van der Waals surface area contributed by atoms with Crippen LogP contribution in [0.2, 0.25) is 10.0 Å². The molecule has 39 heavy (non-hydrogen) atoms. The van der Waals surface area contributed by atoms with E-state index in [1.54, 1.807) is 43.3 Å². The van der Waals surface area contributed by atoms with Gasteiger partial charge < -0.3 is 10.2 Å². The average molecular weight is 589 g/mol. The predicted octanol–water partition coefficient (Wildman–Crippen LogP) is 5.91. The third-order valence-corrected chi connectivity index (χ3v) is 10.1. The van der Waals surface area contributed by atoms with Gasteiger partial charge in [0.2, 0.25) is 11.8 Å². The summed E-state index contributed by atoms with van der Waals surface area (Å²) in [5.74, 6) is -0.452. The summed E-state index contributed by atoms with van der Waals surface area (Å²) >= 11 is 12.5. The van der Waals surface area contributed by atoms with E-state index in [0.29, 0.717) is 33.1 Å². The van der Waals surface area contributed by atoms with Crippen LogP contribution in [-0.2, 0) is 26.2 Å². The number of rotatable bonds is 9. The highest BCUT2D eigenvalue weighted by atomic mass is 35.5. The molecular formula is C29H31Cl2N3O4S. The zero-order valence-electron chi connectivity index (χ0n) is 21.7. The van der Waals surface area contributed by atoms with Crippen LogP contribution in [-0.4, -0.2) is 43.8 Å². The topological polar surface area (TPSA) is 86.8 Å². The fourth-order valence-corrected chi connectivity index (χ4v) is 7.74. The Balaban J connectivity index is 1.31. The van der Waals surface area contributed by atoms with Crippen molar-refractivity contribution in [3.63, 3.8) is 0 Å². The monoisotopic (exact) mass is 587 g/mol. The van der Waals surface area contributed by atoms with Crippen molar-refractivity contribution >= 4 is 61.5 Å². The van der Waals surface area contributed by atoms with Gasteiger partial charge in [0, 0.05) is 41.0 Å². The molecule has 0 saturated heterocycles.